The highest BCUT2D eigenvalue weighted by atomic mass is 16.5. The molecule has 20 heavy (non-hydrogen) atoms. The van der Waals surface area contributed by atoms with Crippen LogP contribution in [0.1, 0.15) is 33.6 Å². The normalized spacial score (nSPS) is 28.8. The molecule has 0 aromatic rings. The summed E-state index contributed by atoms with van der Waals surface area (Å²) in [6, 6.07) is 0. The van der Waals surface area contributed by atoms with Gasteiger partial charge in [0.2, 0.25) is 0 Å². The Bertz CT molecular complexity index is 457. The molecule has 2 aliphatic heterocycles. The van der Waals surface area contributed by atoms with Crippen LogP contribution in [0.5, 0.6) is 0 Å². The van der Waals surface area contributed by atoms with Gasteiger partial charge in [0.25, 0.3) is 0 Å². The average Bonchev–Trinajstić information content (AvgIpc) is 2.91. The first kappa shape index (κ1) is 15.0. The molecule has 2 rings (SSSR count). The van der Waals surface area contributed by atoms with Crippen molar-refractivity contribution >= 4 is 11.9 Å². The smallest absolute Gasteiger partial charge is 0.337 e. The van der Waals surface area contributed by atoms with Gasteiger partial charge in [-0.3, -0.25) is 0 Å². The van der Waals surface area contributed by atoms with Gasteiger partial charge in [-0.15, -0.1) is 0 Å². The van der Waals surface area contributed by atoms with Gasteiger partial charge in [-0.1, -0.05) is 20.8 Å². The van der Waals surface area contributed by atoms with Crippen molar-refractivity contribution in [1.29, 1.82) is 0 Å². The lowest BCUT2D eigenvalue weighted by molar-refractivity contribution is -0.139. The van der Waals surface area contributed by atoms with E-state index in [0.717, 1.165) is 12.8 Å². The Morgan fingerprint density at radius 2 is 1.70 bits per heavy atom. The molecule has 1 fully saturated rings. The molecule has 5 nitrogen and oxygen atoms in total. The van der Waals surface area contributed by atoms with Gasteiger partial charge in [0.05, 0.1) is 37.6 Å². The first-order chi connectivity index (χ1) is 9.28. The lowest BCUT2D eigenvalue weighted by Crippen LogP contribution is -2.31. The van der Waals surface area contributed by atoms with Gasteiger partial charge in [-0.05, 0) is 24.2 Å². The van der Waals surface area contributed by atoms with Crippen molar-refractivity contribution < 1.29 is 23.8 Å². The second-order valence-electron chi connectivity index (χ2n) is 6.62. The summed E-state index contributed by atoms with van der Waals surface area (Å²) in [5.41, 5.74) is 0.838. The van der Waals surface area contributed by atoms with E-state index >= 15 is 0 Å². The van der Waals surface area contributed by atoms with Crippen LogP contribution in [-0.2, 0) is 23.8 Å². The third-order valence-electron chi connectivity index (χ3n) is 3.84. The molecular formula is C15H22O5. The van der Waals surface area contributed by atoms with Crippen LogP contribution in [0.15, 0.2) is 11.1 Å². The fourth-order valence-corrected chi connectivity index (χ4v) is 3.22. The number of methoxy groups -OCH3 is 2. The third kappa shape index (κ3) is 2.59. The predicted molar refractivity (Wildman–Crippen MR) is 71.9 cm³/mol. The van der Waals surface area contributed by atoms with Crippen LogP contribution in [0.3, 0.4) is 0 Å². The van der Waals surface area contributed by atoms with Crippen molar-refractivity contribution in [1.82, 2.24) is 0 Å². The van der Waals surface area contributed by atoms with E-state index in [-0.39, 0.29) is 23.5 Å². The summed E-state index contributed by atoms with van der Waals surface area (Å²) in [5.74, 6) is -0.744. The molecule has 2 aliphatic rings. The minimum absolute atomic E-state index is 0.144. The van der Waals surface area contributed by atoms with E-state index in [1.807, 2.05) is 0 Å². The maximum Gasteiger partial charge on any atom is 0.337 e. The third-order valence-corrected chi connectivity index (χ3v) is 3.84. The zero-order chi connectivity index (χ0) is 15.1. The molecule has 2 bridgehead atoms. The van der Waals surface area contributed by atoms with E-state index in [2.05, 4.69) is 20.8 Å². The first-order valence-corrected chi connectivity index (χ1v) is 6.84. The molecule has 3 atom stereocenters. The van der Waals surface area contributed by atoms with Gasteiger partial charge in [-0.25, -0.2) is 9.59 Å². The maximum absolute atomic E-state index is 12.0. The second-order valence-corrected chi connectivity index (χ2v) is 6.62. The molecule has 0 radical (unpaired) electrons. The van der Waals surface area contributed by atoms with Gasteiger partial charge in [0.1, 0.15) is 0 Å². The van der Waals surface area contributed by atoms with Crippen molar-refractivity contribution in [3.8, 4) is 0 Å². The predicted octanol–water partition coefficient (Wildman–Crippen LogP) is 1.85. The Morgan fingerprint density at radius 3 is 2.20 bits per heavy atom. The van der Waals surface area contributed by atoms with E-state index in [9.17, 15) is 9.59 Å². The highest BCUT2D eigenvalue weighted by Crippen LogP contribution is 2.47. The van der Waals surface area contributed by atoms with Crippen molar-refractivity contribution in [3.05, 3.63) is 11.1 Å². The van der Waals surface area contributed by atoms with Crippen molar-refractivity contribution in [2.24, 2.45) is 11.3 Å². The van der Waals surface area contributed by atoms with Crippen LogP contribution in [0, 0.1) is 11.3 Å². The zero-order valence-corrected chi connectivity index (χ0v) is 12.7. The quantitative estimate of drug-likeness (QED) is 0.739. The SMILES string of the molecule is COC(=O)C1=C(C(=O)OC)C2OC1CC2CC(C)(C)C. The molecule has 0 aromatic carbocycles. The maximum atomic E-state index is 12.0. The van der Waals surface area contributed by atoms with Gasteiger partial charge in [-0.2, -0.15) is 0 Å². The lowest BCUT2D eigenvalue weighted by atomic mass is 9.75. The highest BCUT2D eigenvalue weighted by molar-refractivity contribution is 6.03. The number of hydrogen-bond donors (Lipinski definition) is 0. The average molecular weight is 282 g/mol. The molecule has 0 N–H and O–H groups in total. The van der Waals surface area contributed by atoms with Gasteiger partial charge >= 0.3 is 11.9 Å². The Kier molecular flexibility index (Phi) is 3.91. The largest absolute Gasteiger partial charge is 0.466 e. The summed E-state index contributed by atoms with van der Waals surface area (Å²) in [6.45, 7) is 6.46. The summed E-state index contributed by atoms with van der Waals surface area (Å²) in [4.78, 5) is 23.8. The standard InChI is InChI=1S/C15H22O5/c1-15(2,3)7-8-6-9-10(13(16)18-4)11(12(8)20-9)14(17)19-5/h8-9,12H,6-7H2,1-5H3. The molecule has 5 heteroatoms. The van der Waals surface area contributed by atoms with E-state index in [0.29, 0.717) is 11.1 Å². The Morgan fingerprint density at radius 1 is 1.15 bits per heavy atom. The van der Waals surface area contributed by atoms with E-state index in [1.165, 1.54) is 14.2 Å². The first-order valence-electron chi connectivity index (χ1n) is 6.84. The van der Waals surface area contributed by atoms with Gasteiger partial charge < -0.3 is 14.2 Å². The Hall–Kier alpha value is -1.36. The summed E-state index contributed by atoms with van der Waals surface area (Å²) >= 11 is 0. The number of esters is 2. The lowest BCUT2D eigenvalue weighted by Gasteiger charge is -2.28. The molecular weight excluding hydrogens is 260 g/mol. The molecule has 2 heterocycles. The molecule has 0 aromatic heterocycles. The second kappa shape index (κ2) is 5.20. The fourth-order valence-electron chi connectivity index (χ4n) is 3.22. The van der Waals surface area contributed by atoms with Gasteiger partial charge in [0.15, 0.2) is 0 Å². The number of fused-ring (bicyclic) bond motifs is 2. The summed E-state index contributed by atoms with van der Waals surface area (Å²) in [6.07, 6.45) is 1.00. The van der Waals surface area contributed by atoms with Crippen LogP contribution in [-0.4, -0.2) is 38.4 Å². The van der Waals surface area contributed by atoms with Crippen molar-refractivity contribution in [2.45, 2.75) is 45.8 Å². The molecule has 0 amide bonds. The van der Waals surface area contributed by atoms with Crippen molar-refractivity contribution in [3.63, 3.8) is 0 Å². The number of carbonyl (C=O) groups excluding carboxylic acids is 2. The van der Waals surface area contributed by atoms with Crippen LogP contribution in [0.4, 0.5) is 0 Å². The fraction of sp³-hybridized carbons (Fsp3) is 0.733. The van der Waals surface area contributed by atoms with Gasteiger partial charge in [0, 0.05) is 0 Å². The minimum atomic E-state index is -0.493. The highest BCUT2D eigenvalue weighted by Gasteiger charge is 2.52. The van der Waals surface area contributed by atoms with Crippen LogP contribution >= 0.6 is 0 Å². The molecule has 112 valence electrons. The van der Waals surface area contributed by atoms with Crippen LogP contribution in [0.2, 0.25) is 0 Å². The Balaban J connectivity index is 2.32. The summed E-state index contributed by atoms with van der Waals surface area (Å²) < 4.78 is 15.4. The molecule has 3 unspecified atom stereocenters. The number of hydrogen-bond acceptors (Lipinski definition) is 5. The topological polar surface area (TPSA) is 61.8 Å². The number of ether oxygens (including phenoxy) is 3. The monoisotopic (exact) mass is 282 g/mol. The minimum Gasteiger partial charge on any atom is -0.466 e. The molecule has 0 spiro atoms. The number of rotatable bonds is 3. The molecule has 1 saturated heterocycles. The molecule has 0 saturated carbocycles. The van der Waals surface area contributed by atoms with Crippen LogP contribution in [0.25, 0.3) is 0 Å². The number of carbonyl (C=O) groups is 2. The van der Waals surface area contributed by atoms with E-state index in [4.69, 9.17) is 14.2 Å². The van der Waals surface area contributed by atoms with Crippen molar-refractivity contribution in [2.75, 3.05) is 14.2 Å². The van der Waals surface area contributed by atoms with E-state index < -0.39 is 11.9 Å². The van der Waals surface area contributed by atoms with Crippen LogP contribution < -0.4 is 0 Å². The summed E-state index contributed by atoms with van der Waals surface area (Å²) in [7, 11) is 2.62. The zero-order valence-electron chi connectivity index (χ0n) is 12.7. The van der Waals surface area contributed by atoms with E-state index in [1.54, 1.807) is 0 Å². The summed E-state index contributed by atoms with van der Waals surface area (Å²) in [5, 5.41) is 0. The Labute approximate surface area is 119 Å². The molecule has 0 aliphatic carbocycles.